The first-order chi connectivity index (χ1) is 6.92. The van der Waals surface area contributed by atoms with E-state index in [2.05, 4.69) is 9.97 Å². The Morgan fingerprint density at radius 1 is 1.43 bits per heavy atom. The topological polar surface area (TPSA) is 64.9 Å². The third-order valence-corrected chi connectivity index (χ3v) is 2.06. The van der Waals surface area contributed by atoms with E-state index in [-0.39, 0.29) is 5.92 Å². The molecule has 4 heteroatoms. The van der Waals surface area contributed by atoms with Crippen molar-refractivity contribution in [1.29, 1.82) is 0 Å². The summed E-state index contributed by atoms with van der Waals surface area (Å²) in [6.45, 7) is 0.464. The summed E-state index contributed by atoms with van der Waals surface area (Å²) in [4.78, 5) is 8.21. The minimum atomic E-state index is -0.00120. The molecule has 0 saturated heterocycles. The highest BCUT2D eigenvalue weighted by atomic mass is 16.3. The Morgan fingerprint density at radius 3 is 2.93 bits per heavy atom. The molecule has 0 aliphatic carbocycles. The zero-order valence-corrected chi connectivity index (χ0v) is 7.63. The molecule has 0 radical (unpaired) electrons. The van der Waals surface area contributed by atoms with E-state index in [4.69, 9.17) is 10.2 Å². The Labute approximate surface area is 81.8 Å². The van der Waals surface area contributed by atoms with Crippen molar-refractivity contribution in [2.75, 3.05) is 6.54 Å². The first kappa shape index (κ1) is 8.90. The molecule has 0 saturated carbocycles. The predicted molar refractivity (Wildman–Crippen MR) is 51.6 cm³/mol. The molecule has 1 unspecified atom stereocenters. The zero-order valence-electron chi connectivity index (χ0n) is 7.63. The molecular weight excluding hydrogens is 178 g/mol. The van der Waals surface area contributed by atoms with Crippen LogP contribution in [0.25, 0.3) is 0 Å². The van der Waals surface area contributed by atoms with Gasteiger partial charge in [-0.25, -0.2) is 0 Å². The van der Waals surface area contributed by atoms with Crippen LogP contribution >= 0.6 is 0 Å². The number of hydrogen-bond donors (Lipinski definition) is 1. The summed E-state index contributed by atoms with van der Waals surface area (Å²) in [5.41, 5.74) is 6.51. The Morgan fingerprint density at radius 2 is 2.36 bits per heavy atom. The smallest absolute Gasteiger partial charge is 0.114 e. The highest BCUT2D eigenvalue weighted by Gasteiger charge is 2.16. The van der Waals surface area contributed by atoms with Gasteiger partial charge < -0.3 is 10.2 Å². The SMILES string of the molecule is NCC(c1cnccn1)c1ccco1. The molecule has 0 amide bonds. The molecule has 0 aromatic carbocycles. The number of hydrogen-bond acceptors (Lipinski definition) is 4. The summed E-state index contributed by atoms with van der Waals surface area (Å²) in [5, 5.41) is 0. The van der Waals surface area contributed by atoms with Gasteiger partial charge in [-0.1, -0.05) is 0 Å². The van der Waals surface area contributed by atoms with Crippen molar-refractivity contribution in [3.05, 3.63) is 48.4 Å². The molecule has 0 aliphatic rings. The molecule has 2 heterocycles. The molecule has 0 aliphatic heterocycles. The van der Waals surface area contributed by atoms with E-state index in [9.17, 15) is 0 Å². The van der Waals surface area contributed by atoms with Crippen LogP contribution < -0.4 is 5.73 Å². The van der Waals surface area contributed by atoms with Crippen LogP contribution in [0, 0.1) is 0 Å². The second-order valence-corrected chi connectivity index (χ2v) is 2.93. The standard InChI is InChI=1S/C10H11N3O/c11-6-8(10-2-1-5-14-10)9-7-12-3-4-13-9/h1-5,7-8H,6,11H2. The number of furan rings is 1. The van der Waals surface area contributed by atoms with Crippen LogP contribution in [-0.2, 0) is 0 Å². The maximum Gasteiger partial charge on any atom is 0.114 e. The summed E-state index contributed by atoms with van der Waals surface area (Å²) in [7, 11) is 0. The Balaban J connectivity index is 2.31. The largest absolute Gasteiger partial charge is 0.469 e. The molecule has 0 fully saturated rings. The van der Waals surface area contributed by atoms with Crippen LogP contribution in [0.2, 0.25) is 0 Å². The summed E-state index contributed by atoms with van der Waals surface area (Å²) < 4.78 is 5.29. The van der Waals surface area contributed by atoms with Gasteiger partial charge in [0.25, 0.3) is 0 Å². The molecule has 4 nitrogen and oxygen atoms in total. The molecule has 2 rings (SSSR count). The van der Waals surface area contributed by atoms with Gasteiger partial charge >= 0.3 is 0 Å². The van der Waals surface area contributed by atoms with E-state index in [0.29, 0.717) is 6.54 Å². The van der Waals surface area contributed by atoms with Gasteiger partial charge in [0.2, 0.25) is 0 Å². The lowest BCUT2D eigenvalue weighted by molar-refractivity contribution is 0.483. The van der Waals surface area contributed by atoms with Crippen molar-refractivity contribution >= 4 is 0 Å². The Bertz CT molecular complexity index is 372. The third kappa shape index (κ3) is 1.65. The third-order valence-electron chi connectivity index (χ3n) is 2.06. The monoisotopic (exact) mass is 189 g/mol. The number of aromatic nitrogens is 2. The summed E-state index contributed by atoms with van der Waals surface area (Å²) in [6.07, 6.45) is 6.63. The average Bonchev–Trinajstić information content (AvgIpc) is 2.74. The van der Waals surface area contributed by atoms with Gasteiger partial charge in [-0.05, 0) is 12.1 Å². The van der Waals surface area contributed by atoms with E-state index in [1.165, 1.54) is 0 Å². The molecule has 1 atom stereocenters. The maximum absolute atomic E-state index is 5.67. The minimum absolute atomic E-state index is 0.00120. The molecule has 72 valence electrons. The Hall–Kier alpha value is -1.68. The fourth-order valence-corrected chi connectivity index (χ4v) is 1.36. The van der Waals surface area contributed by atoms with Crippen LogP contribution in [-0.4, -0.2) is 16.5 Å². The molecular formula is C10H11N3O. The lowest BCUT2D eigenvalue weighted by atomic mass is 10.0. The van der Waals surface area contributed by atoms with Gasteiger partial charge in [0.05, 0.1) is 17.9 Å². The van der Waals surface area contributed by atoms with E-state index < -0.39 is 0 Å². The molecule has 0 spiro atoms. The summed E-state index contributed by atoms with van der Waals surface area (Å²) in [5.74, 6) is 0.826. The van der Waals surface area contributed by atoms with Gasteiger partial charge in [-0.3, -0.25) is 9.97 Å². The van der Waals surface area contributed by atoms with Crippen molar-refractivity contribution in [3.63, 3.8) is 0 Å². The molecule has 2 aromatic heterocycles. The first-order valence-corrected chi connectivity index (χ1v) is 4.41. The lowest BCUT2D eigenvalue weighted by Crippen LogP contribution is -2.14. The van der Waals surface area contributed by atoms with Gasteiger partial charge in [0.15, 0.2) is 0 Å². The van der Waals surface area contributed by atoms with Crippen molar-refractivity contribution in [1.82, 2.24) is 9.97 Å². The molecule has 14 heavy (non-hydrogen) atoms. The van der Waals surface area contributed by atoms with Gasteiger partial charge in [0, 0.05) is 25.1 Å². The van der Waals surface area contributed by atoms with E-state index in [0.717, 1.165) is 11.5 Å². The average molecular weight is 189 g/mol. The van der Waals surface area contributed by atoms with Crippen molar-refractivity contribution in [3.8, 4) is 0 Å². The van der Waals surface area contributed by atoms with Gasteiger partial charge in [-0.15, -0.1) is 0 Å². The fourth-order valence-electron chi connectivity index (χ4n) is 1.36. The number of nitrogens with two attached hydrogens (primary N) is 1. The van der Waals surface area contributed by atoms with E-state index in [1.54, 1.807) is 24.9 Å². The van der Waals surface area contributed by atoms with E-state index in [1.807, 2.05) is 12.1 Å². The first-order valence-electron chi connectivity index (χ1n) is 4.41. The van der Waals surface area contributed by atoms with Crippen LogP contribution in [0.1, 0.15) is 17.4 Å². The van der Waals surface area contributed by atoms with Crippen molar-refractivity contribution in [2.24, 2.45) is 5.73 Å². The van der Waals surface area contributed by atoms with Crippen LogP contribution in [0.15, 0.2) is 41.4 Å². The van der Waals surface area contributed by atoms with Crippen molar-refractivity contribution < 1.29 is 4.42 Å². The summed E-state index contributed by atoms with van der Waals surface area (Å²) >= 11 is 0. The van der Waals surface area contributed by atoms with Crippen LogP contribution in [0.5, 0.6) is 0 Å². The summed E-state index contributed by atoms with van der Waals surface area (Å²) in [6, 6.07) is 3.74. The second-order valence-electron chi connectivity index (χ2n) is 2.93. The van der Waals surface area contributed by atoms with Gasteiger partial charge in [0.1, 0.15) is 5.76 Å². The van der Waals surface area contributed by atoms with Crippen molar-refractivity contribution in [2.45, 2.75) is 5.92 Å². The highest BCUT2D eigenvalue weighted by molar-refractivity contribution is 5.18. The second kappa shape index (κ2) is 4.02. The quantitative estimate of drug-likeness (QED) is 0.786. The predicted octanol–water partition coefficient (Wildman–Crippen LogP) is 1.16. The highest BCUT2D eigenvalue weighted by Crippen LogP contribution is 2.20. The molecule has 2 aromatic rings. The molecule has 2 N–H and O–H groups in total. The van der Waals surface area contributed by atoms with Crippen LogP contribution in [0.4, 0.5) is 0 Å². The van der Waals surface area contributed by atoms with Gasteiger partial charge in [-0.2, -0.15) is 0 Å². The lowest BCUT2D eigenvalue weighted by Gasteiger charge is -2.09. The normalized spacial score (nSPS) is 12.6. The minimum Gasteiger partial charge on any atom is -0.469 e. The number of nitrogens with zero attached hydrogens (tertiary/aromatic N) is 2. The number of rotatable bonds is 3. The molecule has 0 bridgehead atoms. The maximum atomic E-state index is 5.67. The fraction of sp³-hybridized carbons (Fsp3) is 0.200. The van der Waals surface area contributed by atoms with E-state index >= 15 is 0 Å². The Kier molecular flexibility index (Phi) is 2.55. The zero-order chi connectivity index (χ0) is 9.80. The van der Waals surface area contributed by atoms with Crippen LogP contribution in [0.3, 0.4) is 0 Å².